The molecule has 0 unspecified atom stereocenters. The fourth-order valence-corrected chi connectivity index (χ4v) is 2.28. The van der Waals surface area contributed by atoms with Gasteiger partial charge in [-0.25, -0.2) is 9.59 Å². The Labute approximate surface area is 145 Å². The molecule has 1 saturated heterocycles. The summed E-state index contributed by atoms with van der Waals surface area (Å²) in [5, 5.41) is 25.3. The number of carboxylic acids is 2. The average Bonchev–Trinajstić information content (AvgIpc) is 2.60. The van der Waals surface area contributed by atoms with Crippen molar-refractivity contribution in [2.75, 3.05) is 26.2 Å². The van der Waals surface area contributed by atoms with E-state index in [2.05, 4.69) is 4.90 Å². The van der Waals surface area contributed by atoms with Crippen molar-refractivity contribution in [3.8, 4) is 0 Å². The zero-order valence-corrected chi connectivity index (χ0v) is 13.8. The van der Waals surface area contributed by atoms with Crippen LogP contribution >= 0.6 is 0 Å². The van der Waals surface area contributed by atoms with Crippen LogP contribution in [0.15, 0.2) is 24.3 Å². The number of non-ortho nitro benzene ring substituents is 1. The number of nitro benzene ring substituents is 1. The predicted molar refractivity (Wildman–Crippen MR) is 88.3 cm³/mol. The first-order valence-electron chi connectivity index (χ1n) is 7.90. The summed E-state index contributed by atoms with van der Waals surface area (Å²) in [6.07, 6.45) is 3.94. The molecule has 9 heteroatoms. The molecular formula is C16H22N2O7. The summed E-state index contributed by atoms with van der Waals surface area (Å²) in [4.78, 5) is 30.8. The highest BCUT2D eigenvalue weighted by Crippen LogP contribution is 2.12. The number of nitro groups is 1. The van der Waals surface area contributed by atoms with E-state index in [1.54, 1.807) is 12.1 Å². The molecule has 1 heterocycles. The lowest BCUT2D eigenvalue weighted by Crippen LogP contribution is -2.32. The van der Waals surface area contributed by atoms with E-state index in [9.17, 15) is 10.1 Å². The number of piperidine rings is 1. The first-order chi connectivity index (χ1) is 11.9. The van der Waals surface area contributed by atoms with Crippen molar-refractivity contribution in [2.24, 2.45) is 0 Å². The zero-order valence-electron chi connectivity index (χ0n) is 13.8. The van der Waals surface area contributed by atoms with Gasteiger partial charge in [0.1, 0.15) is 0 Å². The van der Waals surface area contributed by atoms with Crippen LogP contribution < -0.4 is 0 Å². The molecule has 138 valence electrons. The Bertz CT molecular complexity index is 556. The summed E-state index contributed by atoms with van der Waals surface area (Å²) in [5.74, 6) is -3.65. The molecule has 2 N–H and O–H groups in total. The van der Waals surface area contributed by atoms with Gasteiger partial charge < -0.3 is 19.8 Å². The van der Waals surface area contributed by atoms with Gasteiger partial charge in [-0.3, -0.25) is 10.1 Å². The predicted octanol–water partition coefficient (Wildman–Crippen LogP) is 1.75. The first-order valence-corrected chi connectivity index (χ1v) is 7.90. The van der Waals surface area contributed by atoms with Gasteiger partial charge in [0.2, 0.25) is 0 Å². The highest BCUT2D eigenvalue weighted by atomic mass is 16.6. The molecule has 9 nitrogen and oxygen atoms in total. The Kier molecular flexibility index (Phi) is 9.12. The number of rotatable bonds is 6. The third-order valence-corrected chi connectivity index (χ3v) is 3.60. The molecular weight excluding hydrogens is 332 g/mol. The average molecular weight is 354 g/mol. The van der Waals surface area contributed by atoms with Gasteiger partial charge in [-0.2, -0.15) is 0 Å². The van der Waals surface area contributed by atoms with Gasteiger partial charge in [0, 0.05) is 18.7 Å². The molecule has 1 aliphatic rings. The highest BCUT2D eigenvalue weighted by Gasteiger charge is 2.09. The van der Waals surface area contributed by atoms with E-state index in [1.165, 1.54) is 44.5 Å². The van der Waals surface area contributed by atoms with Crippen molar-refractivity contribution in [3.05, 3.63) is 39.9 Å². The van der Waals surface area contributed by atoms with Gasteiger partial charge in [0.25, 0.3) is 5.69 Å². The molecule has 25 heavy (non-hydrogen) atoms. The molecule has 0 saturated carbocycles. The standard InChI is InChI=1S/C14H20N2O3.C2H2O4/c17-16(18)14-6-4-13(5-7-14)12-19-11-10-15-8-2-1-3-9-15;3-1(4)2(5)6/h4-7H,1-3,8-12H2;(H,3,4)(H,5,6). The van der Waals surface area contributed by atoms with E-state index in [-0.39, 0.29) is 10.6 Å². The molecule has 0 aliphatic carbocycles. The maximum absolute atomic E-state index is 10.5. The smallest absolute Gasteiger partial charge is 0.414 e. The van der Waals surface area contributed by atoms with Crippen molar-refractivity contribution in [1.82, 2.24) is 4.90 Å². The van der Waals surface area contributed by atoms with E-state index >= 15 is 0 Å². The minimum Gasteiger partial charge on any atom is -0.473 e. The second kappa shape index (κ2) is 11.1. The molecule has 0 aromatic heterocycles. The first kappa shape index (κ1) is 20.5. The zero-order chi connectivity index (χ0) is 18.7. The fourth-order valence-electron chi connectivity index (χ4n) is 2.28. The Hall–Kier alpha value is -2.52. The van der Waals surface area contributed by atoms with Crippen LogP contribution in [-0.2, 0) is 20.9 Å². The summed E-state index contributed by atoms with van der Waals surface area (Å²) >= 11 is 0. The quantitative estimate of drug-likeness (QED) is 0.342. The number of likely N-dealkylation sites (tertiary alicyclic amines) is 1. The van der Waals surface area contributed by atoms with Crippen molar-refractivity contribution >= 4 is 17.6 Å². The topological polar surface area (TPSA) is 130 Å². The van der Waals surface area contributed by atoms with Gasteiger partial charge in [0.05, 0.1) is 18.1 Å². The molecule has 1 fully saturated rings. The normalized spacial score (nSPS) is 14.2. The SMILES string of the molecule is O=C(O)C(=O)O.O=[N+]([O-])c1ccc(COCCN2CCCCC2)cc1. The summed E-state index contributed by atoms with van der Waals surface area (Å²) in [7, 11) is 0. The number of benzene rings is 1. The molecule has 0 radical (unpaired) electrons. The van der Waals surface area contributed by atoms with Crippen molar-refractivity contribution in [1.29, 1.82) is 0 Å². The minimum atomic E-state index is -1.82. The van der Waals surface area contributed by atoms with Gasteiger partial charge in [-0.05, 0) is 43.6 Å². The second-order valence-electron chi connectivity index (χ2n) is 5.49. The molecule has 0 bridgehead atoms. The largest absolute Gasteiger partial charge is 0.473 e. The Balaban J connectivity index is 0.000000450. The minimum absolute atomic E-state index is 0.122. The summed E-state index contributed by atoms with van der Waals surface area (Å²) < 4.78 is 5.61. The number of nitrogens with zero attached hydrogens (tertiary/aromatic N) is 2. The monoisotopic (exact) mass is 354 g/mol. The number of hydrogen-bond donors (Lipinski definition) is 2. The maximum Gasteiger partial charge on any atom is 0.414 e. The van der Waals surface area contributed by atoms with E-state index in [0.717, 1.165) is 18.7 Å². The lowest BCUT2D eigenvalue weighted by Gasteiger charge is -2.26. The summed E-state index contributed by atoms with van der Waals surface area (Å²) in [6, 6.07) is 6.53. The maximum atomic E-state index is 10.5. The van der Waals surface area contributed by atoms with Crippen molar-refractivity contribution in [3.63, 3.8) is 0 Å². The summed E-state index contributed by atoms with van der Waals surface area (Å²) in [5.41, 5.74) is 1.10. The molecule has 0 spiro atoms. The molecule has 1 aromatic rings. The Morgan fingerprint density at radius 3 is 2.12 bits per heavy atom. The fraction of sp³-hybridized carbons (Fsp3) is 0.500. The van der Waals surface area contributed by atoms with E-state index in [0.29, 0.717) is 6.61 Å². The van der Waals surface area contributed by atoms with Crippen LogP contribution in [0.2, 0.25) is 0 Å². The van der Waals surface area contributed by atoms with Crippen molar-refractivity contribution in [2.45, 2.75) is 25.9 Å². The number of hydrogen-bond acceptors (Lipinski definition) is 6. The van der Waals surface area contributed by atoms with Gasteiger partial charge in [-0.15, -0.1) is 0 Å². The van der Waals surface area contributed by atoms with Crippen LogP contribution in [0.5, 0.6) is 0 Å². The van der Waals surface area contributed by atoms with Crippen LogP contribution in [0.1, 0.15) is 24.8 Å². The summed E-state index contributed by atoms with van der Waals surface area (Å²) in [6.45, 7) is 4.58. The number of carboxylic acid groups (broad SMARTS) is 2. The van der Waals surface area contributed by atoms with Gasteiger partial charge >= 0.3 is 11.9 Å². The number of aliphatic carboxylic acids is 2. The number of carbonyl (C=O) groups is 2. The van der Waals surface area contributed by atoms with Crippen LogP contribution in [0, 0.1) is 10.1 Å². The van der Waals surface area contributed by atoms with Crippen LogP contribution in [0.4, 0.5) is 5.69 Å². The highest BCUT2D eigenvalue weighted by molar-refractivity contribution is 6.27. The van der Waals surface area contributed by atoms with Crippen LogP contribution in [0.25, 0.3) is 0 Å². The van der Waals surface area contributed by atoms with Gasteiger partial charge in [-0.1, -0.05) is 6.42 Å². The van der Waals surface area contributed by atoms with E-state index < -0.39 is 11.9 Å². The van der Waals surface area contributed by atoms with Gasteiger partial charge in [0.15, 0.2) is 0 Å². The lowest BCUT2D eigenvalue weighted by atomic mass is 10.1. The Morgan fingerprint density at radius 2 is 1.64 bits per heavy atom. The van der Waals surface area contributed by atoms with Crippen LogP contribution in [-0.4, -0.2) is 58.2 Å². The van der Waals surface area contributed by atoms with E-state index in [1.807, 2.05) is 0 Å². The second-order valence-corrected chi connectivity index (χ2v) is 5.49. The van der Waals surface area contributed by atoms with E-state index in [4.69, 9.17) is 24.5 Å². The molecule has 2 rings (SSSR count). The Morgan fingerprint density at radius 1 is 1.08 bits per heavy atom. The third-order valence-electron chi connectivity index (χ3n) is 3.60. The molecule has 0 atom stereocenters. The lowest BCUT2D eigenvalue weighted by molar-refractivity contribution is -0.384. The third kappa shape index (κ3) is 8.77. The molecule has 1 aromatic carbocycles. The van der Waals surface area contributed by atoms with Crippen LogP contribution in [0.3, 0.4) is 0 Å². The number of ether oxygens (including phenoxy) is 1. The van der Waals surface area contributed by atoms with Crippen molar-refractivity contribution < 1.29 is 29.5 Å². The molecule has 0 amide bonds. The molecule has 1 aliphatic heterocycles.